The molecule has 0 saturated carbocycles. The molecule has 1 rings (SSSR count). The predicted octanol–water partition coefficient (Wildman–Crippen LogP) is 2.35. The Morgan fingerprint density at radius 3 is 2.38 bits per heavy atom. The van der Waals surface area contributed by atoms with Gasteiger partial charge in [-0.2, -0.15) is 11.8 Å². The maximum atomic E-state index is 2.35. The molecular formula is C7H13S. The lowest BCUT2D eigenvalue weighted by Crippen LogP contribution is -2.08. The zero-order valence-corrected chi connectivity index (χ0v) is 6.21. The zero-order chi connectivity index (χ0) is 5.82. The molecule has 0 N–H and O–H groups in total. The van der Waals surface area contributed by atoms with Crippen LogP contribution in [-0.2, 0) is 0 Å². The van der Waals surface area contributed by atoms with Crippen molar-refractivity contribution in [3.05, 3.63) is 6.42 Å². The van der Waals surface area contributed by atoms with Crippen LogP contribution in [0.1, 0.15) is 19.8 Å². The molecule has 1 aliphatic rings. The smallest absolute Gasteiger partial charge is 0.00648 e. The van der Waals surface area contributed by atoms with Gasteiger partial charge in [0.05, 0.1) is 0 Å². The van der Waals surface area contributed by atoms with Crippen LogP contribution < -0.4 is 0 Å². The Hall–Kier alpha value is 0.350. The lowest BCUT2D eigenvalue weighted by molar-refractivity contribution is 0.562. The van der Waals surface area contributed by atoms with Crippen LogP contribution in [0.5, 0.6) is 0 Å². The van der Waals surface area contributed by atoms with Gasteiger partial charge in [0.25, 0.3) is 0 Å². The first-order valence-electron chi connectivity index (χ1n) is 3.30. The highest BCUT2D eigenvalue weighted by molar-refractivity contribution is 7.99. The minimum atomic E-state index is 0.941. The second-order valence-electron chi connectivity index (χ2n) is 2.28. The van der Waals surface area contributed by atoms with Crippen molar-refractivity contribution in [2.45, 2.75) is 19.8 Å². The van der Waals surface area contributed by atoms with Gasteiger partial charge in [-0.05, 0) is 36.7 Å². The van der Waals surface area contributed by atoms with E-state index in [4.69, 9.17) is 0 Å². The molecule has 0 aliphatic carbocycles. The molecule has 8 heavy (non-hydrogen) atoms. The van der Waals surface area contributed by atoms with Crippen molar-refractivity contribution in [1.29, 1.82) is 0 Å². The van der Waals surface area contributed by atoms with Gasteiger partial charge in [0, 0.05) is 0 Å². The zero-order valence-electron chi connectivity index (χ0n) is 5.39. The second-order valence-corrected chi connectivity index (χ2v) is 3.51. The molecule has 0 unspecified atom stereocenters. The summed E-state index contributed by atoms with van der Waals surface area (Å²) in [5.41, 5.74) is 0. The molecule has 0 aromatic rings. The third-order valence-corrected chi connectivity index (χ3v) is 2.79. The summed E-state index contributed by atoms with van der Waals surface area (Å²) in [6.45, 7) is 2.18. The normalized spacial score (nSPS) is 23.6. The first-order chi connectivity index (χ1) is 3.93. The van der Waals surface area contributed by atoms with Crippen molar-refractivity contribution in [1.82, 2.24) is 0 Å². The summed E-state index contributed by atoms with van der Waals surface area (Å²) in [4.78, 5) is 0. The summed E-state index contributed by atoms with van der Waals surface area (Å²) < 4.78 is 0. The molecule has 1 heteroatoms. The van der Waals surface area contributed by atoms with Crippen molar-refractivity contribution >= 4 is 11.8 Å². The van der Waals surface area contributed by atoms with Crippen LogP contribution in [0.25, 0.3) is 0 Å². The van der Waals surface area contributed by atoms with Crippen LogP contribution in [-0.4, -0.2) is 11.5 Å². The molecule has 0 bridgehead atoms. The lowest BCUT2D eigenvalue weighted by Gasteiger charge is -2.18. The Labute approximate surface area is 56.0 Å². The topological polar surface area (TPSA) is 0 Å². The first-order valence-corrected chi connectivity index (χ1v) is 4.46. The second kappa shape index (κ2) is 3.39. The van der Waals surface area contributed by atoms with Crippen LogP contribution in [0.4, 0.5) is 0 Å². The minimum absolute atomic E-state index is 0.941. The number of hydrogen-bond donors (Lipinski definition) is 0. The maximum absolute atomic E-state index is 2.35. The van der Waals surface area contributed by atoms with Gasteiger partial charge in [-0.3, -0.25) is 0 Å². The number of rotatable bonds is 1. The van der Waals surface area contributed by atoms with Gasteiger partial charge in [0.2, 0.25) is 0 Å². The van der Waals surface area contributed by atoms with Gasteiger partial charge in [-0.15, -0.1) is 0 Å². The van der Waals surface area contributed by atoms with Crippen molar-refractivity contribution in [3.8, 4) is 0 Å². The van der Waals surface area contributed by atoms with E-state index in [9.17, 15) is 0 Å². The average molecular weight is 129 g/mol. The van der Waals surface area contributed by atoms with Crippen LogP contribution in [0, 0.1) is 12.3 Å². The summed E-state index contributed by atoms with van der Waals surface area (Å²) in [5, 5.41) is 0. The monoisotopic (exact) mass is 129 g/mol. The molecule has 0 aromatic heterocycles. The average Bonchev–Trinajstić information content (AvgIpc) is 1.90. The van der Waals surface area contributed by atoms with E-state index >= 15 is 0 Å². The fourth-order valence-electron chi connectivity index (χ4n) is 1.05. The Balaban J connectivity index is 2.13. The van der Waals surface area contributed by atoms with Crippen LogP contribution >= 0.6 is 11.8 Å². The lowest BCUT2D eigenvalue weighted by atomic mass is 10.0. The molecule has 0 nitrogen and oxygen atoms in total. The van der Waals surface area contributed by atoms with Crippen LogP contribution in [0.3, 0.4) is 0 Å². The molecule has 0 spiro atoms. The minimum Gasteiger partial charge on any atom is -0.162 e. The van der Waals surface area contributed by atoms with Crippen molar-refractivity contribution < 1.29 is 0 Å². The molecule has 47 valence electrons. The van der Waals surface area contributed by atoms with Crippen LogP contribution in [0.2, 0.25) is 0 Å². The van der Waals surface area contributed by atoms with E-state index in [1.807, 2.05) is 0 Å². The van der Waals surface area contributed by atoms with E-state index < -0.39 is 0 Å². The summed E-state index contributed by atoms with van der Waals surface area (Å²) in [6.07, 6.45) is 5.18. The molecule has 0 aromatic carbocycles. The van der Waals surface area contributed by atoms with Crippen molar-refractivity contribution in [2.75, 3.05) is 11.5 Å². The Bertz CT molecular complexity index is 55.4. The number of hydrogen-bond acceptors (Lipinski definition) is 1. The standard InChI is InChI=1S/C7H13S/c1-2-7-3-5-8-6-4-7/h2,7H,3-6H2,1H3. The summed E-state index contributed by atoms with van der Waals surface area (Å²) in [5.74, 6) is 3.71. The van der Waals surface area contributed by atoms with E-state index in [1.54, 1.807) is 0 Å². The van der Waals surface area contributed by atoms with Gasteiger partial charge >= 0.3 is 0 Å². The maximum Gasteiger partial charge on any atom is -0.00648 e. The number of thioether (sulfide) groups is 1. The van der Waals surface area contributed by atoms with Gasteiger partial charge in [-0.1, -0.05) is 6.92 Å². The summed E-state index contributed by atoms with van der Waals surface area (Å²) in [6, 6.07) is 0. The fraction of sp³-hybridized carbons (Fsp3) is 0.857. The van der Waals surface area contributed by atoms with Crippen LogP contribution in [0.15, 0.2) is 0 Å². The van der Waals surface area contributed by atoms with Crippen molar-refractivity contribution in [2.24, 2.45) is 5.92 Å². The van der Waals surface area contributed by atoms with E-state index in [-0.39, 0.29) is 0 Å². The van der Waals surface area contributed by atoms with E-state index in [2.05, 4.69) is 25.1 Å². The summed E-state index contributed by atoms with van der Waals surface area (Å²) >= 11 is 2.09. The van der Waals surface area contributed by atoms with Gasteiger partial charge in [-0.25, -0.2) is 0 Å². The van der Waals surface area contributed by atoms with E-state index in [1.165, 1.54) is 24.3 Å². The van der Waals surface area contributed by atoms with Crippen molar-refractivity contribution in [3.63, 3.8) is 0 Å². The fourth-order valence-corrected chi connectivity index (χ4v) is 2.19. The molecule has 1 heterocycles. The van der Waals surface area contributed by atoms with E-state index in [0.717, 1.165) is 5.92 Å². The Morgan fingerprint density at radius 2 is 2.00 bits per heavy atom. The molecule has 0 amide bonds. The molecular weight excluding hydrogens is 116 g/mol. The highest BCUT2D eigenvalue weighted by Gasteiger charge is 2.10. The molecule has 1 radical (unpaired) electrons. The Morgan fingerprint density at radius 1 is 1.38 bits per heavy atom. The molecule has 0 atom stereocenters. The predicted molar refractivity (Wildman–Crippen MR) is 40.0 cm³/mol. The molecule has 1 saturated heterocycles. The Kier molecular flexibility index (Phi) is 2.74. The first kappa shape index (κ1) is 6.47. The highest BCUT2D eigenvalue weighted by Crippen LogP contribution is 2.23. The highest BCUT2D eigenvalue weighted by atomic mass is 32.2. The molecule has 1 aliphatic heterocycles. The third kappa shape index (κ3) is 1.70. The van der Waals surface area contributed by atoms with E-state index in [0.29, 0.717) is 0 Å². The quantitative estimate of drug-likeness (QED) is 0.523. The molecule has 1 fully saturated rings. The SMILES string of the molecule is C[CH]C1CCSCC1. The summed E-state index contributed by atoms with van der Waals surface area (Å²) in [7, 11) is 0. The third-order valence-electron chi connectivity index (χ3n) is 1.74. The van der Waals surface area contributed by atoms with Gasteiger partial charge in [0.15, 0.2) is 0 Å². The largest absolute Gasteiger partial charge is 0.162 e. The van der Waals surface area contributed by atoms with Gasteiger partial charge < -0.3 is 0 Å². The van der Waals surface area contributed by atoms with Gasteiger partial charge in [0.1, 0.15) is 0 Å².